The molecule has 8 heteroatoms. The van der Waals surface area contributed by atoms with Crippen molar-refractivity contribution in [2.24, 2.45) is 7.05 Å². The molecule has 3 aromatic heterocycles. The summed E-state index contributed by atoms with van der Waals surface area (Å²) >= 11 is 0. The Hall–Kier alpha value is -3.49. The number of hydrogen-bond donors (Lipinski definition) is 2. The van der Waals surface area contributed by atoms with Crippen LogP contribution in [0.1, 0.15) is 28.0 Å². The van der Waals surface area contributed by atoms with Crippen molar-refractivity contribution in [3.05, 3.63) is 71.7 Å². The van der Waals surface area contributed by atoms with Crippen LogP contribution in [0.5, 0.6) is 0 Å². The molecule has 2 N–H and O–H groups in total. The van der Waals surface area contributed by atoms with Crippen molar-refractivity contribution in [1.29, 1.82) is 0 Å². The fourth-order valence-corrected chi connectivity index (χ4v) is 3.96. The smallest absolute Gasteiger partial charge is 0.270 e. The number of aliphatic hydroxyl groups excluding tert-OH is 1. The molecular formula is C24H24N4O4. The molecule has 1 saturated heterocycles. The molecule has 1 aromatic carbocycles. The average molecular weight is 432 g/mol. The van der Waals surface area contributed by atoms with Gasteiger partial charge in [-0.15, -0.1) is 0 Å². The fourth-order valence-electron chi connectivity index (χ4n) is 3.96. The number of rotatable bonds is 5. The highest BCUT2D eigenvalue weighted by atomic mass is 16.5. The Kier molecular flexibility index (Phi) is 5.46. The SMILES string of the molecule is Cn1ccc(-c2ccc(Cc3cc(C(=O)N[C@H]4COCC[C@@H]4O)nc4ccoc34)cc2)n1. The number of ether oxygens (including phenoxy) is 1. The number of benzene rings is 1. The number of amides is 1. The first-order chi connectivity index (χ1) is 15.6. The Morgan fingerprint density at radius 1 is 1.25 bits per heavy atom. The number of aliphatic hydroxyl groups is 1. The van der Waals surface area contributed by atoms with Crippen LogP contribution >= 0.6 is 0 Å². The summed E-state index contributed by atoms with van der Waals surface area (Å²) in [7, 11) is 1.89. The van der Waals surface area contributed by atoms with Gasteiger partial charge in [-0.2, -0.15) is 5.10 Å². The van der Waals surface area contributed by atoms with Crippen molar-refractivity contribution < 1.29 is 19.1 Å². The summed E-state index contributed by atoms with van der Waals surface area (Å²) < 4.78 is 12.8. The quantitative estimate of drug-likeness (QED) is 0.503. The van der Waals surface area contributed by atoms with Crippen molar-refractivity contribution in [3.8, 4) is 11.3 Å². The topological polar surface area (TPSA) is 102 Å². The minimum Gasteiger partial charge on any atom is -0.462 e. The molecule has 5 rings (SSSR count). The number of carbonyl (C=O) groups excluding carboxylic acids is 1. The van der Waals surface area contributed by atoms with Gasteiger partial charge in [0.15, 0.2) is 5.58 Å². The number of fused-ring (bicyclic) bond motifs is 1. The number of hydrogen-bond acceptors (Lipinski definition) is 6. The standard InChI is InChI=1S/C24H24N4O4/c1-28-9-6-18(27-28)16-4-2-15(3-5-16)12-17-13-20(25-19-7-11-32-23(17)19)24(30)26-21-14-31-10-8-22(21)29/h2-7,9,11,13,21-22,29H,8,10,12,14H2,1H3,(H,26,30)/t21-,22-/m0/s1. The Balaban J connectivity index is 1.39. The molecule has 1 aliphatic rings. The number of furan rings is 1. The number of carbonyl (C=O) groups is 1. The molecule has 0 aliphatic carbocycles. The van der Waals surface area contributed by atoms with Crippen molar-refractivity contribution in [3.63, 3.8) is 0 Å². The highest BCUT2D eigenvalue weighted by Crippen LogP contribution is 2.24. The van der Waals surface area contributed by atoms with Gasteiger partial charge in [0.1, 0.15) is 11.2 Å². The largest absolute Gasteiger partial charge is 0.462 e. The van der Waals surface area contributed by atoms with E-state index in [0.29, 0.717) is 30.5 Å². The first kappa shape index (κ1) is 20.4. The number of nitrogens with one attached hydrogen (secondary N) is 1. The minimum atomic E-state index is -0.623. The predicted octanol–water partition coefficient (Wildman–Crippen LogP) is 2.70. The van der Waals surface area contributed by atoms with Gasteiger partial charge in [-0.25, -0.2) is 4.98 Å². The van der Waals surface area contributed by atoms with Crippen LogP contribution < -0.4 is 5.32 Å². The van der Waals surface area contributed by atoms with Gasteiger partial charge < -0.3 is 19.6 Å². The molecule has 164 valence electrons. The van der Waals surface area contributed by atoms with E-state index in [1.807, 2.05) is 31.4 Å². The molecule has 0 radical (unpaired) electrons. The van der Waals surface area contributed by atoms with Gasteiger partial charge in [-0.1, -0.05) is 24.3 Å². The first-order valence-corrected chi connectivity index (χ1v) is 10.6. The third-order valence-corrected chi connectivity index (χ3v) is 5.71. The Labute approximate surface area is 184 Å². The van der Waals surface area contributed by atoms with Gasteiger partial charge in [0, 0.05) is 43.5 Å². The highest BCUT2D eigenvalue weighted by Gasteiger charge is 2.26. The van der Waals surface area contributed by atoms with E-state index in [0.717, 1.165) is 22.4 Å². The van der Waals surface area contributed by atoms with E-state index in [9.17, 15) is 9.90 Å². The summed E-state index contributed by atoms with van der Waals surface area (Å²) in [4.78, 5) is 17.3. The van der Waals surface area contributed by atoms with E-state index in [-0.39, 0.29) is 18.2 Å². The van der Waals surface area contributed by atoms with E-state index in [1.165, 1.54) is 0 Å². The van der Waals surface area contributed by atoms with Crippen LogP contribution in [0.15, 0.2) is 59.3 Å². The third kappa shape index (κ3) is 4.15. The summed E-state index contributed by atoms with van der Waals surface area (Å²) in [5, 5.41) is 17.4. The van der Waals surface area contributed by atoms with Gasteiger partial charge in [0.05, 0.1) is 30.7 Å². The van der Waals surface area contributed by atoms with E-state index >= 15 is 0 Å². The lowest BCUT2D eigenvalue weighted by Crippen LogP contribution is -2.49. The van der Waals surface area contributed by atoms with Crippen LogP contribution in [0.4, 0.5) is 0 Å². The van der Waals surface area contributed by atoms with Crippen LogP contribution in [-0.4, -0.2) is 51.1 Å². The highest BCUT2D eigenvalue weighted by molar-refractivity contribution is 5.95. The maximum atomic E-state index is 12.9. The molecule has 2 atom stereocenters. The Morgan fingerprint density at radius 3 is 2.84 bits per heavy atom. The predicted molar refractivity (Wildman–Crippen MR) is 118 cm³/mol. The van der Waals surface area contributed by atoms with E-state index in [4.69, 9.17) is 9.15 Å². The maximum absolute atomic E-state index is 12.9. The Morgan fingerprint density at radius 2 is 2.09 bits per heavy atom. The molecular weight excluding hydrogens is 408 g/mol. The van der Waals surface area contributed by atoms with Gasteiger partial charge in [0.25, 0.3) is 5.91 Å². The van der Waals surface area contributed by atoms with Crippen LogP contribution in [0.2, 0.25) is 0 Å². The second kappa shape index (κ2) is 8.57. The summed E-state index contributed by atoms with van der Waals surface area (Å²) in [6, 6.07) is 13.2. The van der Waals surface area contributed by atoms with Gasteiger partial charge in [-0.05, 0) is 24.1 Å². The van der Waals surface area contributed by atoms with Crippen LogP contribution in [0, 0.1) is 0 Å². The molecule has 32 heavy (non-hydrogen) atoms. The Bertz CT molecular complexity index is 1240. The molecule has 0 bridgehead atoms. The second-order valence-electron chi connectivity index (χ2n) is 8.06. The van der Waals surface area contributed by atoms with Crippen LogP contribution in [0.25, 0.3) is 22.4 Å². The summed E-state index contributed by atoms with van der Waals surface area (Å²) in [6.45, 7) is 0.784. The van der Waals surface area contributed by atoms with Gasteiger partial charge in [0.2, 0.25) is 0 Å². The molecule has 0 unspecified atom stereocenters. The molecule has 0 spiro atoms. The van der Waals surface area contributed by atoms with E-state index < -0.39 is 12.1 Å². The van der Waals surface area contributed by atoms with Crippen LogP contribution in [0.3, 0.4) is 0 Å². The summed E-state index contributed by atoms with van der Waals surface area (Å²) in [5.74, 6) is -0.339. The average Bonchev–Trinajstić information content (AvgIpc) is 3.45. The number of aryl methyl sites for hydroxylation is 1. The number of pyridine rings is 1. The van der Waals surface area contributed by atoms with Crippen molar-refractivity contribution in [1.82, 2.24) is 20.1 Å². The second-order valence-corrected chi connectivity index (χ2v) is 8.06. The molecule has 8 nitrogen and oxygen atoms in total. The molecule has 0 saturated carbocycles. The number of aromatic nitrogens is 3. The number of nitrogens with zero attached hydrogens (tertiary/aromatic N) is 3. The van der Waals surface area contributed by atoms with Crippen molar-refractivity contribution in [2.45, 2.75) is 25.0 Å². The lowest BCUT2D eigenvalue weighted by atomic mass is 10.0. The third-order valence-electron chi connectivity index (χ3n) is 5.71. The monoisotopic (exact) mass is 432 g/mol. The molecule has 1 amide bonds. The first-order valence-electron chi connectivity index (χ1n) is 10.6. The summed E-state index contributed by atoms with van der Waals surface area (Å²) in [6.07, 6.45) is 3.95. The van der Waals surface area contributed by atoms with Crippen LogP contribution in [-0.2, 0) is 18.2 Å². The normalized spacial score (nSPS) is 18.7. The maximum Gasteiger partial charge on any atom is 0.270 e. The molecule has 4 aromatic rings. The zero-order valence-corrected chi connectivity index (χ0v) is 17.7. The van der Waals surface area contributed by atoms with Gasteiger partial charge >= 0.3 is 0 Å². The zero-order valence-electron chi connectivity index (χ0n) is 17.7. The summed E-state index contributed by atoms with van der Waals surface area (Å²) in [5.41, 5.74) is 5.49. The molecule has 1 fully saturated rings. The molecule has 4 heterocycles. The minimum absolute atomic E-state index is 0.288. The van der Waals surface area contributed by atoms with E-state index in [1.54, 1.807) is 23.1 Å². The lowest BCUT2D eigenvalue weighted by molar-refractivity contribution is -0.0140. The fraction of sp³-hybridized carbons (Fsp3) is 0.292. The molecule has 1 aliphatic heterocycles. The van der Waals surface area contributed by atoms with Crippen molar-refractivity contribution >= 4 is 17.0 Å². The van der Waals surface area contributed by atoms with E-state index in [2.05, 4.69) is 27.5 Å². The zero-order chi connectivity index (χ0) is 22.1. The lowest BCUT2D eigenvalue weighted by Gasteiger charge is -2.28. The van der Waals surface area contributed by atoms with Crippen molar-refractivity contribution in [2.75, 3.05) is 13.2 Å². The van der Waals surface area contributed by atoms with Gasteiger partial charge in [-0.3, -0.25) is 9.48 Å².